The van der Waals surface area contributed by atoms with Crippen molar-refractivity contribution < 1.29 is 19.5 Å². The Bertz CT molecular complexity index is 1400. The molecule has 2 fully saturated rings. The minimum absolute atomic E-state index is 0.0981. The van der Waals surface area contributed by atoms with Gasteiger partial charge in [0, 0.05) is 35.6 Å². The SMILES string of the molecule is CN1CC=C[C@@]2(C)S[C@]34C=CCN(c5ccc(Cl)cc5)C(=O)C3N([C@@H](CO)Cc3ccccc3)C(=O)[C@@H]4[C@H]2C1=O. The Morgan fingerprint density at radius 2 is 1.65 bits per heavy atom. The zero-order chi connectivity index (χ0) is 28.2. The molecule has 1 N–H and O–H groups in total. The molecule has 4 aliphatic heterocycles. The summed E-state index contributed by atoms with van der Waals surface area (Å²) in [5.41, 5.74) is 1.63. The summed E-state index contributed by atoms with van der Waals surface area (Å²) in [4.78, 5) is 48.1. The molecule has 3 amide bonds. The lowest BCUT2D eigenvalue weighted by Crippen LogP contribution is -2.57. The summed E-state index contributed by atoms with van der Waals surface area (Å²) in [6.07, 6.45) is 8.35. The van der Waals surface area contributed by atoms with Crippen molar-refractivity contribution in [2.45, 2.75) is 34.9 Å². The van der Waals surface area contributed by atoms with E-state index in [-0.39, 0.29) is 24.3 Å². The number of anilines is 1. The second-order valence-electron chi connectivity index (χ2n) is 11.2. The molecule has 2 saturated heterocycles. The number of rotatable bonds is 5. The number of fused-ring (bicyclic) bond motifs is 2. The maximum atomic E-state index is 14.7. The first-order chi connectivity index (χ1) is 19.2. The van der Waals surface area contributed by atoms with E-state index in [1.807, 2.05) is 61.6 Å². The van der Waals surface area contributed by atoms with Crippen molar-refractivity contribution in [2.24, 2.45) is 11.8 Å². The van der Waals surface area contributed by atoms with E-state index in [0.717, 1.165) is 5.56 Å². The van der Waals surface area contributed by atoms with Crippen LogP contribution in [0.15, 0.2) is 78.9 Å². The van der Waals surface area contributed by atoms with Gasteiger partial charge in [0.05, 0.1) is 29.2 Å². The molecule has 2 aromatic carbocycles. The van der Waals surface area contributed by atoms with Crippen LogP contribution in [-0.2, 0) is 20.8 Å². The van der Waals surface area contributed by atoms with Crippen molar-refractivity contribution >= 4 is 46.8 Å². The highest BCUT2D eigenvalue weighted by atomic mass is 35.5. The summed E-state index contributed by atoms with van der Waals surface area (Å²) in [5.74, 6) is -1.97. The van der Waals surface area contributed by atoms with Gasteiger partial charge >= 0.3 is 0 Å². The molecule has 6 rings (SSSR count). The van der Waals surface area contributed by atoms with E-state index in [4.69, 9.17) is 11.6 Å². The Morgan fingerprint density at radius 1 is 0.950 bits per heavy atom. The normalized spacial score (nSPS) is 32.0. The maximum Gasteiger partial charge on any atom is 0.251 e. The van der Waals surface area contributed by atoms with Crippen LogP contribution in [0.3, 0.4) is 0 Å². The average molecular weight is 578 g/mol. The number of benzene rings is 2. The number of thioether (sulfide) groups is 1. The summed E-state index contributed by atoms with van der Waals surface area (Å²) in [6, 6.07) is 15.2. The highest BCUT2D eigenvalue weighted by molar-refractivity contribution is 8.02. The Hall–Kier alpha value is -3.07. The predicted octanol–water partition coefficient (Wildman–Crippen LogP) is 3.56. The first kappa shape index (κ1) is 27.1. The van der Waals surface area contributed by atoms with Gasteiger partial charge in [0.2, 0.25) is 11.8 Å². The zero-order valence-corrected chi connectivity index (χ0v) is 24.0. The number of aliphatic hydroxyl groups is 1. The maximum absolute atomic E-state index is 14.7. The number of hydrogen-bond acceptors (Lipinski definition) is 5. The Morgan fingerprint density at radius 3 is 2.35 bits per heavy atom. The molecule has 0 aliphatic carbocycles. The summed E-state index contributed by atoms with van der Waals surface area (Å²) < 4.78 is -1.64. The number of halogens is 1. The van der Waals surface area contributed by atoms with Gasteiger partial charge in [-0.25, -0.2) is 0 Å². The van der Waals surface area contributed by atoms with E-state index in [0.29, 0.717) is 30.2 Å². The van der Waals surface area contributed by atoms with E-state index in [1.165, 1.54) is 0 Å². The van der Waals surface area contributed by atoms with Gasteiger partial charge < -0.3 is 19.8 Å². The molecule has 0 bridgehead atoms. The van der Waals surface area contributed by atoms with Crippen LogP contribution in [0.1, 0.15) is 12.5 Å². The van der Waals surface area contributed by atoms with E-state index < -0.39 is 33.4 Å². The number of likely N-dealkylation sites (N-methyl/N-ethyl adjacent to an activating group) is 1. The van der Waals surface area contributed by atoms with Gasteiger partial charge in [0.25, 0.3) is 5.91 Å². The van der Waals surface area contributed by atoms with Gasteiger partial charge in [-0.3, -0.25) is 14.4 Å². The number of hydrogen-bond donors (Lipinski definition) is 1. The fraction of sp³-hybridized carbons (Fsp3) is 0.387. The molecule has 4 aliphatic rings. The Balaban J connectivity index is 1.50. The van der Waals surface area contributed by atoms with Gasteiger partial charge in [-0.15, -0.1) is 11.8 Å². The molecule has 9 heteroatoms. The molecule has 0 aromatic heterocycles. The molecule has 0 radical (unpaired) electrons. The third kappa shape index (κ3) is 4.11. The number of amides is 3. The zero-order valence-electron chi connectivity index (χ0n) is 22.4. The summed E-state index contributed by atoms with van der Waals surface area (Å²) in [6.45, 7) is 2.49. The van der Waals surface area contributed by atoms with Crippen molar-refractivity contribution in [2.75, 3.05) is 31.6 Å². The lowest BCUT2D eigenvalue weighted by atomic mass is 9.74. The number of nitrogens with zero attached hydrogens (tertiary/aromatic N) is 3. The lowest BCUT2D eigenvalue weighted by molar-refractivity contribution is -0.144. The largest absolute Gasteiger partial charge is 0.394 e. The van der Waals surface area contributed by atoms with Gasteiger partial charge in [0.1, 0.15) is 6.04 Å². The summed E-state index contributed by atoms with van der Waals surface area (Å²) in [5, 5.41) is 11.2. The molecular formula is C31H32ClN3O4S. The molecule has 0 saturated carbocycles. The second-order valence-corrected chi connectivity index (χ2v) is 13.4. The average Bonchev–Trinajstić information content (AvgIpc) is 3.23. The Labute approximate surface area is 243 Å². The van der Waals surface area contributed by atoms with Crippen molar-refractivity contribution in [1.29, 1.82) is 0 Å². The third-order valence-electron chi connectivity index (χ3n) is 8.75. The fourth-order valence-electron chi connectivity index (χ4n) is 6.97. The third-order valence-corrected chi connectivity index (χ3v) is 10.8. The highest BCUT2D eigenvalue weighted by Crippen LogP contribution is 2.65. The van der Waals surface area contributed by atoms with Crippen LogP contribution in [0, 0.1) is 11.8 Å². The lowest BCUT2D eigenvalue weighted by Gasteiger charge is -2.39. The summed E-state index contributed by atoms with van der Waals surface area (Å²) in [7, 11) is 1.75. The molecule has 40 heavy (non-hydrogen) atoms. The van der Waals surface area contributed by atoms with Crippen molar-refractivity contribution in [3.63, 3.8) is 0 Å². The molecule has 208 valence electrons. The van der Waals surface area contributed by atoms with Gasteiger partial charge in [-0.05, 0) is 43.2 Å². The molecule has 4 heterocycles. The van der Waals surface area contributed by atoms with Crippen LogP contribution in [0.5, 0.6) is 0 Å². The number of likely N-dealkylation sites (tertiary alicyclic amines) is 1. The molecule has 1 spiro atoms. The fourth-order valence-corrected chi connectivity index (χ4v) is 9.24. The molecule has 7 nitrogen and oxygen atoms in total. The van der Waals surface area contributed by atoms with E-state index in [1.54, 1.807) is 57.8 Å². The van der Waals surface area contributed by atoms with Crippen molar-refractivity contribution in [3.8, 4) is 0 Å². The first-order valence-corrected chi connectivity index (χ1v) is 14.7. The smallest absolute Gasteiger partial charge is 0.251 e. The topological polar surface area (TPSA) is 81.2 Å². The van der Waals surface area contributed by atoms with E-state index >= 15 is 0 Å². The van der Waals surface area contributed by atoms with Crippen LogP contribution in [-0.4, -0.2) is 80.9 Å². The van der Waals surface area contributed by atoms with Crippen LogP contribution in [0.25, 0.3) is 0 Å². The quantitative estimate of drug-likeness (QED) is 0.550. The monoisotopic (exact) mass is 577 g/mol. The van der Waals surface area contributed by atoms with Crippen molar-refractivity contribution in [1.82, 2.24) is 9.80 Å². The molecular weight excluding hydrogens is 546 g/mol. The first-order valence-electron chi connectivity index (χ1n) is 13.5. The molecule has 1 unspecified atom stereocenters. The van der Waals surface area contributed by atoms with E-state index in [9.17, 15) is 19.5 Å². The van der Waals surface area contributed by atoms with Crippen molar-refractivity contribution in [3.05, 3.63) is 89.5 Å². The van der Waals surface area contributed by atoms with Gasteiger partial charge in [-0.1, -0.05) is 66.2 Å². The van der Waals surface area contributed by atoms with Crippen LogP contribution < -0.4 is 4.90 Å². The number of carbonyl (C=O) groups excluding carboxylic acids is 3. The Kier molecular flexibility index (Phi) is 6.84. The number of carbonyl (C=O) groups is 3. The minimum Gasteiger partial charge on any atom is -0.394 e. The predicted molar refractivity (Wildman–Crippen MR) is 157 cm³/mol. The molecule has 2 aromatic rings. The highest BCUT2D eigenvalue weighted by Gasteiger charge is 2.74. The van der Waals surface area contributed by atoms with Crippen LogP contribution in [0.2, 0.25) is 5.02 Å². The van der Waals surface area contributed by atoms with Gasteiger partial charge in [0.15, 0.2) is 0 Å². The van der Waals surface area contributed by atoms with E-state index in [2.05, 4.69) is 0 Å². The van der Waals surface area contributed by atoms with Crippen LogP contribution in [0.4, 0.5) is 5.69 Å². The van der Waals surface area contributed by atoms with Gasteiger partial charge in [-0.2, -0.15) is 0 Å². The molecule has 6 atom stereocenters. The standard InChI is InChI=1S/C31H32ClN3O4S/c1-30-14-6-16-33(2)27(37)24(30)25-28(38)35(23(19-36)18-20-8-4-3-5-9-20)26-29(39)34(17-7-15-31(25,26)40-30)22-12-10-21(32)11-13-22/h3-15,23-26,36H,16-19H2,1-2H3/t23-,24+,25+,26?,30-,31+/m1/s1. The minimum atomic E-state index is -0.975. The van der Waals surface area contributed by atoms with Crippen LogP contribution >= 0.6 is 23.4 Å². The summed E-state index contributed by atoms with van der Waals surface area (Å²) >= 11 is 7.68. The number of aliphatic hydroxyl groups excluding tert-OH is 1. The second kappa shape index (κ2) is 10.1.